The molecular weight excluding hydrogens is 454 g/mol. The lowest BCUT2D eigenvalue weighted by Crippen LogP contribution is -2.31. The number of nitrogens with one attached hydrogen (secondary N) is 2. The number of Topliss-reactive ketones (excluding diaryl/α,β-unsaturated/α-hetero) is 1. The Morgan fingerprint density at radius 2 is 1.77 bits per heavy atom. The van der Waals surface area contributed by atoms with Gasteiger partial charge in [-0.2, -0.15) is 0 Å². The number of carbonyl (C=O) groups is 4. The first-order valence-corrected chi connectivity index (χ1v) is 11.8. The Balaban J connectivity index is 2.10. The molecule has 0 spiro atoms. The van der Waals surface area contributed by atoms with Crippen molar-refractivity contribution in [2.45, 2.75) is 66.7 Å². The van der Waals surface area contributed by atoms with Gasteiger partial charge in [-0.3, -0.25) is 9.59 Å². The summed E-state index contributed by atoms with van der Waals surface area (Å²) in [6.07, 6.45) is 2.67. The number of ether oxygens (including phenoxy) is 1. The number of benzene rings is 1. The van der Waals surface area contributed by atoms with Crippen molar-refractivity contribution in [1.82, 2.24) is 10.0 Å². The second-order valence-electron chi connectivity index (χ2n) is 9.13. The molecule has 35 heavy (non-hydrogen) atoms. The smallest absolute Gasteiger partial charge is 0.338 e. The summed E-state index contributed by atoms with van der Waals surface area (Å²) in [4.78, 5) is 53.9. The third kappa shape index (κ3) is 7.46. The van der Waals surface area contributed by atoms with Gasteiger partial charge < -0.3 is 25.3 Å². The van der Waals surface area contributed by atoms with Gasteiger partial charge in [0, 0.05) is 30.5 Å². The molecule has 0 saturated heterocycles. The van der Waals surface area contributed by atoms with Gasteiger partial charge in [-0.05, 0) is 58.7 Å². The van der Waals surface area contributed by atoms with Gasteiger partial charge in [0.2, 0.25) is 5.88 Å². The molecule has 10 nitrogen and oxygen atoms in total. The number of amides is 2. The van der Waals surface area contributed by atoms with Gasteiger partial charge in [0.1, 0.15) is 0 Å². The zero-order valence-corrected chi connectivity index (χ0v) is 21.0. The highest BCUT2D eigenvalue weighted by molar-refractivity contribution is 6.11. The Kier molecular flexibility index (Phi) is 9.68. The molecule has 192 valence electrons. The molecule has 1 heterocycles. The lowest BCUT2D eigenvalue weighted by atomic mass is 9.98. The third-order valence-corrected chi connectivity index (χ3v) is 5.19. The largest absolute Gasteiger partial charge is 0.492 e. The van der Waals surface area contributed by atoms with E-state index in [2.05, 4.69) is 10.6 Å². The lowest BCUT2D eigenvalue weighted by Gasteiger charge is -2.17. The number of urea groups is 1. The Bertz CT molecular complexity index is 1080. The van der Waals surface area contributed by atoms with Crippen molar-refractivity contribution in [3.63, 3.8) is 0 Å². The molecule has 0 unspecified atom stereocenters. The minimum absolute atomic E-state index is 0.0584. The summed E-state index contributed by atoms with van der Waals surface area (Å²) in [6.45, 7) is 9.24. The highest BCUT2D eigenvalue weighted by Crippen LogP contribution is 2.34. The van der Waals surface area contributed by atoms with Crippen LogP contribution in [0.3, 0.4) is 0 Å². The molecule has 0 saturated carbocycles. The van der Waals surface area contributed by atoms with Crippen molar-refractivity contribution in [1.29, 1.82) is 0 Å². The predicted octanol–water partition coefficient (Wildman–Crippen LogP) is 4.19. The predicted molar refractivity (Wildman–Crippen MR) is 131 cm³/mol. The minimum atomic E-state index is -0.843. The van der Waals surface area contributed by atoms with E-state index in [9.17, 15) is 24.3 Å². The van der Waals surface area contributed by atoms with E-state index in [1.807, 2.05) is 0 Å². The number of ketones is 1. The topological polar surface area (TPSA) is 136 Å². The van der Waals surface area contributed by atoms with Crippen molar-refractivity contribution in [2.24, 2.45) is 5.41 Å². The van der Waals surface area contributed by atoms with Crippen molar-refractivity contribution in [2.75, 3.05) is 18.5 Å². The van der Waals surface area contributed by atoms with Crippen LogP contribution in [0.4, 0.5) is 10.5 Å². The average molecular weight is 490 g/mol. The molecule has 0 aliphatic heterocycles. The molecule has 2 aromatic rings. The lowest BCUT2D eigenvalue weighted by molar-refractivity contribution is -0.153. The van der Waals surface area contributed by atoms with E-state index in [4.69, 9.17) is 9.57 Å². The highest BCUT2D eigenvalue weighted by Gasteiger charge is 2.29. The summed E-state index contributed by atoms with van der Waals surface area (Å²) in [7, 11) is 0. The number of aromatic nitrogens is 1. The number of hydrogen-bond acceptors (Lipinski definition) is 7. The molecule has 0 aliphatic rings. The first kappa shape index (κ1) is 27.7. The molecule has 0 fully saturated rings. The Hall–Kier alpha value is -3.56. The van der Waals surface area contributed by atoms with Gasteiger partial charge in [0.05, 0.1) is 23.1 Å². The summed E-state index contributed by atoms with van der Waals surface area (Å²) in [5.74, 6) is -1.59. The van der Waals surface area contributed by atoms with Crippen LogP contribution in [0.25, 0.3) is 10.9 Å². The Labute approximate surface area is 204 Å². The van der Waals surface area contributed by atoms with E-state index >= 15 is 0 Å². The molecule has 1 aromatic heterocycles. The Morgan fingerprint density at radius 1 is 1.06 bits per heavy atom. The molecule has 0 atom stereocenters. The van der Waals surface area contributed by atoms with Gasteiger partial charge in [0.25, 0.3) is 0 Å². The van der Waals surface area contributed by atoms with Gasteiger partial charge in [-0.15, -0.1) is 4.73 Å². The number of hydrogen-bond donors (Lipinski definition) is 3. The quantitative estimate of drug-likeness (QED) is 0.245. The van der Waals surface area contributed by atoms with Crippen molar-refractivity contribution in [3.8, 4) is 5.88 Å². The summed E-state index contributed by atoms with van der Waals surface area (Å²) < 4.78 is 5.80. The van der Waals surface area contributed by atoms with Crippen molar-refractivity contribution >= 4 is 40.3 Å². The molecule has 0 aliphatic carbocycles. The monoisotopic (exact) mass is 489 g/mol. The molecule has 2 rings (SSSR count). The van der Waals surface area contributed by atoms with Crippen molar-refractivity contribution in [3.05, 3.63) is 23.8 Å². The highest BCUT2D eigenvalue weighted by atomic mass is 16.7. The zero-order chi connectivity index (χ0) is 26.2. The van der Waals surface area contributed by atoms with Crippen LogP contribution in [-0.2, 0) is 14.3 Å². The fourth-order valence-corrected chi connectivity index (χ4v) is 3.27. The fraction of sp³-hybridized carbons (Fsp3) is 0.520. The number of aromatic hydroxyl groups is 1. The van der Waals surface area contributed by atoms with Gasteiger partial charge >= 0.3 is 18.0 Å². The van der Waals surface area contributed by atoms with Crippen LogP contribution < -0.4 is 15.5 Å². The maximum atomic E-state index is 12.5. The minimum Gasteiger partial charge on any atom is -0.492 e. The molecule has 10 heteroatoms. The molecule has 3 N–H and O–H groups in total. The second-order valence-corrected chi connectivity index (χ2v) is 9.13. The molecule has 0 bridgehead atoms. The molecular formula is C25H35N3O7. The standard InChI is InChI=1S/C25H35N3O7/c1-6-19(29)21-17-13-12-16(15-18(17)28(22(21)31)35-23(32)25(3,4)5)27-24(33)26-14-10-8-9-11-20(30)34-7-2/h12-13,15,31H,6-11,14H2,1-5H3,(H2,26,27,33). The number of rotatable bonds is 11. The van der Waals surface area contributed by atoms with Crippen LogP contribution in [-0.4, -0.2) is 46.7 Å². The fourth-order valence-electron chi connectivity index (χ4n) is 3.27. The SMILES string of the molecule is CCOC(=O)CCCCCNC(=O)Nc1ccc2c(C(=O)CC)c(O)n(OC(=O)C(C)(C)C)c2c1. The average Bonchev–Trinajstić information content (AvgIpc) is 3.06. The van der Waals surface area contributed by atoms with Gasteiger partial charge in [0.15, 0.2) is 5.78 Å². The van der Waals surface area contributed by atoms with E-state index in [0.717, 1.165) is 11.2 Å². The number of unbranched alkanes of at least 4 members (excludes halogenated alkanes) is 2. The number of fused-ring (bicyclic) bond motifs is 1. The van der Waals surface area contributed by atoms with Crippen LogP contribution in [0.15, 0.2) is 18.2 Å². The third-order valence-electron chi connectivity index (χ3n) is 5.19. The maximum absolute atomic E-state index is 12.5. The second kappa shape index (κ2) is 12.2. The van der Waals surface area contributed by atoms with Gasteiger partial charge in [-0.1, -0.05) is 13.3 Å². The van der Waals surface area contributed by atoms with E-state index in [1.54, 1.807) is 46.8 Å². The number of nitrogens with zero attached hydrogens (tertiary/aromatic N) is 1. The zero-order valence-electron chi connectivity index (χ0n) is 21.0. The normalized spacial score (nSPS) is 11.2. The summed E-state index contributed by atoms with van der Waals surface area (Å²) in [6, 6.07) is 4.28. The number of carbonyl (C=O) groups excluding carboxylic acids is 4. The van der Waals surface area contributed by atoms with E-state index in [-0.39, 0.29) is 29.3 Å². The number of esters is 1. The van der Waals surface area contributed by atoms with E-state index in [1.165, 1.54) is 6.07 Å². The van der Waals surface area contributed by atoms with Crippen LogP contribution in [0.5, 0.6) is 5.88 Å². The summed E-state index contributed by atoms with van der Waals surface area (Å²) in [5, 5.41) is 16.5. The number of anilines is 1. The molecule has 2 amide bonds. The van der Waals surface area contributed by atoms with E-state index < -0.39 is 23.3 Å². The first-order chi connectivity index (χ1) is 16.5. The summed E-state index contributed by atoms with van der Waals surface area (Å²) in [5.41, 5.74) is -0.126. The first-order valence-electron chi connectivity index (χ1n) is 11.8. The maximum Gasteiger partial charge on any atom is 0.338 e. The van der Waals surface area contributed by atoms with Crippen LogP contribution >= 0.6 is 0 Å². The molecule has 1 aromatic carbocycles. The van der Waals surface area contributed by atoms with Crippen LogP contribution in [0.1, 0.15) is 77.1 Å². The van der Waals surface area contributed by atoms with Crippen LogP contribution in [0, 0.1) is 5.41 Å². The van der Waals surface area contributed by atoms with Crippen molar-refractivity contribution < 1.29 is 33.9 Å². The summed E-state index contributed by atoms with van der Waals surface area (Å²) >= 11 is 0. The van der Waals surface area contributed by atoms with E-state index in [0.29, 0.717) is 43.5 Å². The Morgan fingerprint density at radius 3 is 2.40 bits per heavy atom. The molecule has 0 radical (unpaired) electrons. The van der Waals surface area contributed by atoms with Crippen LogP contribution in [0.2, 0.25) is 0 Å². The van der Waals surface area contributed by atoms with Gasteiger partial charge in [-0.25, -0.2) is 9.59 Å².